The Labute approximate surface area is 172 Å². The summed E-state index contributed by atoms with van der Waals surface area (Å²) < 4.78 is 0. The fourth-order valence-electron chi connectivity index (χ4n) is 2.76. The second-order valence-electron chi connectivity index (χ2n) is 6.93. The van der Waals surface area contributed by atoms with Crippen LogP contribution in [0.2, 0.25) is 0 Å². The molecule has 0 fully saturated rings. The molecule has 0 aliphatic rings. The van der Waals surface area contributed by atoms with E-state index in [1.54, 1.807) is 11.8 Å². The first-order valence-electron chi connectivity index (χ1n) is 9.81. The number of hydrogen-bond donors (Lipinski definition) is 1. The molecule has 0 saturated carbocycles. The van der Waals surface area contributed by atoms with Crippen molar-refractivity contribution in [1.82, 2.24) is 10.2 Å². The van der Waals surface area contributed by atoms with Gasteiger partial charge < -0.3 is 10.2 Å². The molecule has 0 aromatic heterocycles. The molecule has 0 spiro atoms. The Morgan fingerprint density at radius 1 is 1.07 bits per heavy atom. The number of benzene rings is 2. The topological polar surface area (TPSA) is 49.4 Å². The van der Waals surface area contributed by atoms with Crippen molar-refractivity contribution >= 4 is 23.6 Å². The Morgan fingerprint density at radius 2 is 1.75 bits per heavy atom. The van der Waals surface area contributed by atoms with Gasteiger partial charge >= 0.3 is 0 Å². The van der Waals surface area contributed by atoms with Crippen LogP contribution in [-0.4, -0.2) is 35.1 Å². The van der Waals surface area contributed by atoms with Gasteiger partial charge in [-0.2, -0.15) is 0 Å². The summed E-state index contributed by atoms with van der Waals surface area (Å²) >= 11 is 1.50. The first-order chi connectivity index (χ1) is 13.5. The summed E-state index contributed by atoms with van der Waals surface area (Å²) in [4.78, 5) is 28.3. The smallest absolute Gasteiger partial charge is 0.242 e. The summed E-state index contributed by atoms with van der Waals surface area (Å²) in [6, 6.07) is 17.4. The van der Waals surface area contributed by atoms with Gasteiger partial charge in [-0.25, -0.2) is 0 Å². The van der Waals surface area contributed by atoms with E-state index in [2.05, 4.69) is 12.2 Å². The van der Waals surface area contributed by atoms with E-state index in [4.69, 9.17) is 0 Å². The van der Waals surface area contributed by atoms with Crippen LogP contribution in [0.25, 0.3) is 0 Å². The van der Waals surface area contributed by atoms with Crippen LogP contribution >= 0.6 is 11.8 Å². The van der Waals surface area contributed by atoms with E-state index in [1.165, 1.54) is 17.3 Å². The third kappa shape index (κ3) is 7.04. The SMILES string of the molecule is CCCCNC(=O)[C@H](C)N(Cc1ccccc1)C(=O)CSc1ccc(C)cc1. The van der Waals surface area contributed by atoms with Crippen LogP contribution in [-0.2, 0) is 16.1 Å². The van der Waals surface area contributed by atoms with Gasteiger partial charge in [0.1, 0.15) is 6.04 Å². The van der Waals surface area contributed by atoms with Crippen LogP contribution in [0.1, 0.15) is 37.8 Å². The lowest BCUT2D eigenvalue weighted by molar-refractivity contribution is -0.138. The van der Waals surface area contributed by atoms with Gasteiger partial charge in [-0.05, 0) is 38.0 Å². The molecule has 28 heavy (non-hydrogen) atoms. The molecule has 0 saturated heterocycles. The molecular formula is C23H30N2O2S. The van der Waals surface area contributed by atoms with Gasteiger partial charge in [0.15, 0.2) is 0 Å². The summed E-state index contributed by atoms with van der Waals surface area (Å²) in [6.45, 7) is 7.00. The molecule has 2 aromatic carbocycles. The maximum absolute atomic E-state index is 13.0. The number of carbonyl (C=O) groups is 2. The molecule has 0 aliphatic carbocycles. The van der Waals surface area contributed by atoms with Crippen molar-refractivity contribution < 1.29 is 9.59 Å². The highest BCUT2D eigenvalue weighted by atomic mass is 32.2. The van der Waals surface area contributed by atoms with Gasteiger partial charge in [0.2, 0.25) is 11.8 Å². The lowest BCUT2D eigenvalue weighted by Crippen LogP contribution is -2.48. The van der Waals surface area contributed by atoms with E-state index >= 15 is 0 Å². The van der Waals surface area contributed by atoms with Gasteiger partial charge in [0.05, 0.1) is 5.75 Å². The molecule has 5 heteroatoms. The minimum atomic E-state index is -0.511. The number of thioether (sulfide) groups is 1. The average Bonchev–Trinajstić information content (AvgIpc) is 2.71. The van der Waals surface area contributed by atoms with E-state index in [-0.39, 0.29) is 11.8 Å². The van der Waals surface area contributed by atoms with Crippen molar-refractivity contribution in [1.29, 1.82) is 0 Å². The molecule has 2 rings (SSSR count). The molecule has 0 radical (unpaired) electrons. The lowest BCUT2D eigenvalue weighted by Gasteiger charge is -2.28. The van der Waals surface area contributed by atoms with E-state index < -0.39 is 6.04 Å². The van der Waals surface area contributed by atoms with Crippen molar-refractivity contribution in [2.24, 2.45) is 0 Å². The fourth-order valence-corrected chi connectivity index (χ4v) is 3.55. The van der Waals surface area contributed by atoms with Gasteiger partial charge in [-0.15, -0.1) is 11.8 Å². The van der Waals surface area contributed by atoms with E-state index in [9.17, 15) is 9.59 Å². The lowest BCUT2D eigenvalue weighted by atomic mass is 10.1. The number of nitrogens with one attached hydrogen (secondary N) is 1. The third-order valence-electron chi connectivity index (χ3n) is 4.58. The molecule has 2 aromatic rings. The van der Waals surface area contributed by atoms with E-state index in [0.29, 0.717) is 18.8 Å². The van der Waals surface area contributed by atoms with Crippen molar-refractivity contribution in [3.63, 3.8) is 0 Å². The van der Waals surface area contributed by atoms with Crippen LogP contribution in [0.15, 0.2) is 59.5 Å². The fraction of sp³-hybridized carbons (Fsp3) is 0.391. The molecule has 0 aliphatic heterocycles. The number of amides is 2. The standard InChI is InChI=1S/C23H30N2O2S/c1-4-5-15-24-23(27)19(3)25(16-20-9-7-6-8-10-20)22(26)17-28-21-13-11-18(2)12-14-21/h6-14,19H,4-5,15-17H2,1-3H3,(H,24,27)/t19-/m0/s1. The van der Waals surface area contributed by atoms with Crippen molar-refractivity contribution in [2.45, 2.75) is 51.1 Å². The highest BCUT2D eigenvalue weighted by Gasteiger charge is 2.25. The molecule has 0 heterocycles. The molecule has 1 N–H and O–H groups in total. The number of hydrogen-bond acceptors (Lipinski definition) is 3. The Morgan fingerprint density at radius 3 is 2.39 bits per heavy atom. The average molecular weight is 399 g/mol. The van der Waals surface area contributed by atoms with Crippen molar-refractivity contribution in [3.05, 3.63) is 65.7 Å². The minimum Gasteiger partial charge on any atom is -0.354 e. The normalized spacial score (nSPS) is 11.7. The van der Waals surface area contributed by atoms with Gasteiger partial charge in [-0.1, -0.05) is 61.4 Å². The highest BCUT2D eigenvalue weighted by Crippen LogP contribution is 2.20. The maximum atomic E-state index is 13.0. The quantitative estimate of drug-likeness (QED) is 0.476. The summed E-state index contributed by atoms with van der Waals surface area (Å²) in [7, 11) is 0. The Hall–Kier alpha value is -2.27. The molecule has 150 valence electrons. The summed E-state index contributed by atoms with van der Waals surface area (Å²) in [5, 5.41) is 2.94. The first-order valence-corrected chi connectivity index (χ1v) is 10.8. The third-order valence-corrected chi connectivity index (χ3v) is 5.57. The number of nitrogens with zero attached hydrogens (tertiary/aromatic N) is 1. The number of aryl methyl sites for hydroxylation is 1. The highest BCUT2D eigenvalue weighted by molar-refractivity contribution is 8.00. The van der Waals surface area contributed by atoms with Crippen LogP contribution in [0.4, 0.5) is 0 Å². The largest absolute Gasteiger partial charge is 0.354 e. The van der Waals surface area contributed by atoms with Crippen LogP contribution < -0.4 is 5.32 Å². The maximum Gasteiger partial charge on any atom is 0.242 e. The van der Waals surface area contributed by atoms with E-state index in [0.717, 1.165) is 23.3 Å². The van der Waals surface area contributed by atoms with Crippen molar-refractivity contribution in [3.8, 4) is 0 Å². The Balaban J connectivity index is 2.06. The molecule has 0 unspecified atom stereocenters. The Kier molecular flexibility index (Phi) is 9.08. The zero-order valence-corrected chi connectivity index (χ0v) is 17.8. The molecule has 2 amide bonds. The van der Waals surface area contributed by atoms with Gasteiger partial charge in [0.25, 0.3) is 0 Å². The molecule has 0 bridgehead atoms. The second kappa shape index (κ2) is 11.5. The minimum absolute atomic E-state index is 0.0347. The zero-order valence-electron chi connectivity index (χ0n) is 17.0. The summed E-state index contributed by atoms with van der Waals surface area (Å²) in [5.74, 6) is 0.174. The summed E-state index contributed by atoms with van der Waals surface area (Å²) in [5.41, 5.74) is 2.21. The molecular weight excluding hydrogens is 368 g/mol. The number of unbranched alkanes of at least 4 members (excludes halogenated alkanes) is 1. The number of carbonyl (C=O) groups excluding carboxylic acids is 2. The first kappa shape index (κ1) is 22.0. The second-order valence-corrected chi connectivity index (χ2v) is 7.98. The predicted octanol–water partition coefficient (Wildman–Crippen LogP) is 4.42. The van der Waals surface area contributed by atoms with Crippen LogP contribution in [0.5, 0.6) is 0 Å². The molecule has 4 nitrogen and oxygen atoms in total. The van der Waals surface area contributed by atoms with Crippen LogP contribution in [0.3, 0.4) is 0 Å². The number of rotatable bonds is 10. The van der Waals surface area contributed by atoms with Gasteiger partial charge in [-0.3, -0.25) is 9.59 Å². The van der Waals surface area contributed by atoms with Gasteiger partial charge in [0, 0.05) is 18.0 Å². The molecule has 1 atom stereocenters. The Bertz CT molecular complexity index is 747. The van der Waals surface area contributed by atoms with E-state index in [1.807, 2.05) is 61.5 Å². The summed E-state index contributed by atoms with van der Waals surface area (Å²) in [6.07, 6.45) is 1.96. The zero-order chi connectivity index (χ0) is 20.4. The van der Waals surface area contributed by atoms with Crippen molar-refractivity contribution in [2.75, 3.05) is 12.3 Å². The van der Waals surface area contributed by atoms with Crippen LogP contribution in [0, 0.1) is 6.92 Å². The monoisotopic (exact) mass is 398 g/mol. The predicted molar refractivity (Wildman–Crippen MR) is 116 cm³/mol.